The van der Waals surface area contributed by atoms with Crippen molar-refractivity contribution in [2.75, 3.05) is 11.9 Å². The summed E-state index contributed by atoms with van der Waals surface area (Å²) in [5, 5.41) is 21.6. The van der Waals surface area contributed by atoms with E-state index in [1.54, 1.807) is 30.3 Å². The van der Waals surface area contributed by atoms with Gasteiger partial charge in [-0.3, -0.25) is 9.59 Å². The number of nitrogens with one attached hydrogen (secondary N) is 1. The van der Waals surface area contributed by atoms with Crippen molar-refractivity contribution in [2.45, 2.75) is 38.5 Å². The first kappa shape index (κ1) is 21.6. The number of para-hydroxylation sites is 1. The number of amides is 1. The Morgan fingerprint density at radius 2 is 1.71 bits per heavy atom. The molecular formula is C21H24ClNO5. The topological polar surface area (TPSA) is 95.9 Å². The van der Waals surface area contributed by atoms with Crippen molar-refractivity contribution in [1.82, 2.24) is 0 Å². The van der Waals surface area contributed by atoms with Gasteiger partial charge in [-0.15, -0.1) is 0 Å². The number of halogens is 1. The molecule has 1 amide bonds. The standard InChI is InChI=1S/C21H24ClNO5/c22-15-11-12-19(28-13-7-3-1-2-4-10-20(25)26)17(14-15)23-21(27)16-8-5-6-9-18(16)24/h5-6,8-9,11-12,14,24H,1-4,7,10,13H2,(H,23,27)(H,25,26). The number of ether oxygens (including phenoxy) is 1. The van der Waals surface area contributed by atoms with Crippen LogP contribution in [0.3, 0.4) is 0 Å². The zero-order valence-electron chi connectivity index (χ0n) is 15.5. The van der Waals surface area contributed by atoms with E-state index >= 15 is 0 Å². The second-order valence-electron chi connectivity index (χ2n) is 6.37. The lowest BCUT2D eigenvalue weighted by atomic mass is 10.1. The molecule has 0 aliphatic carbocycles. The van der Waals surface area contributed by atoms with Gasteiger partial charge in [0.25, 0.3) is 5.91 Å². The van der Waals surface area contributed by atoms with Crippen LogP contribution >= 0.6 is 11.6 Å². The van der Waals surface area contributed by atoms with E-state index in [0.29, 0.717) is 29.5 Å². The van der Waals surface area contributed by atoms with Crippen LogP contribution in [0.15, 0.2) is 42.5 Å². The molecule has 0 bridgehead atoms. The van der Waals surface area contributed by atoms with E-state index in [4.69, 9.17) is 21.4 Å². The lowest BCUT2D eigenvalue weighted by Gasteiger charge is -2.13. The van der Waals surface area contributed by atoms with Crippen molar-refractivity contribution < 1.29 is 24.5 Å². The molecule has 0 atom stereocenters. The van der Waals surface area contributed by atoms with Crippen LogP contribution in [0.5, 0.6) is 11.5 Å². The van der Waals surface area contributed by atoms with Crippen LogP contribution < -0.4 is 10.1 Å². The Bertz CT molecular complexity index is 809. The second-order valence-corrected chi connectivity index (χ2v) is 6.81. The smallest absolute Gasteiger partial charge is 0.303 e. The molecule has 2 rings (SSSR count). The van der Waals surface area contributed by atoms with Crippen LogP contribution in [0, 0.1) is 0 Å². The highest BCUT2D eigenvalue weighted by Crippen LogP contribution is 2.29. The van der Waals surface area contributed by atoms with Crippen molar-refractivity contribution in [3.63, 3.8) is 0 Å². The highest BCUT2D eigenvalue weighted by Gasteiger charge is 2.13. The molecule has 2 aromatic carbocycles. The van der Waals surface area contributed by atoms with Gasteiger partial charge in [0.15, 0.2) is 0 Å². The maximum atomic E-state index is 12.4. The molecule has 3 N–H and O–H groups in total. The molecule has 150 valence electrons. The Labute approximate surface area is 169 Å². The van der Waals surface area contributed by atoms with Gasteiger partial charge in [-0.05, 0) is 43.2 Å². The van der Waals surface area contributed by atoms with E-state index in [-0.39, 0.29) is 17.7 Å². The summed E-state index contributed by atoms with van der Waals surface area (Å²) in [6.45, 7) is 0.472. The Balaban J connectivity index is 1.86. The number of benzene rings is 2. The molecule has 0 aliphatic heterocycles. The third-order valence-corrected chi connectivity index (χ3v) is 4.37. The fourth-order valence-electron chi connectivity index (χ4n) is 2.67. The number of carboxylic acids is 1. The van der Waals surface area contributed by atoms with Gasteiger partial charge in [0.05, 0.1) is 17.9 Å². The van der Waals surface area contributed by atoms with E-state index in [0.717, 1.165) is 25.7 Å². The maximum Gasteiger partial charge on any atom is 0.303 e. The molecule has 0 fully saturated rings. The number of carbonyl (C=O) groups excluding carboxylic acids is 1. The normalized spacial score (nSPS) is 10.5. The van der Waals surface area contributed by atoms with E-state index in [1.165, 1.54) is 12.1 Å². The number of hydrogen-bond acceptors (Lipinski definition) is 4. The van der Waals surface area contributed by atoms with Crippen molar-refractivity contribution in [1.29, 1.82) is 0 Å². The zero-order valence-corrected chi connectivity index (χ0v) is 16.2. The van der Waals surface area contributed by atoms with Crippen LogP contribution in [0.1, 0.15) is 48.9 Å². The van der Waals surface area contributed by atoms with Gasteiger partial charge >= 0.3 is 5.97 Å². The molecule has 0 unspecified atom stereocenters. The van der Waals surface area contributed by atoms with Crippen molar-refractivity contribution >= 4 is 29.2 Å². The molecular weight excluding hydrogens is 382 g/mol. The van der Waals surface area contributed by atoms with Crippen molar-refractivity contribution in [3.05, 3.63) is 53.1 Å². The fraction of sp³-hybridized carbons (Fsp3) is 0.333. The van der Waals surface area contributed by atoms with E-state index in [2.05, 4.69) is 5.32 Å². The number of unbranched alkanes of at least 4 members (excludes halogenated alkanes) is 4. The van der Waals surface area contributed by atoms with Crippen molar-refractivity contribution in [2.24, 2.45) is 0 Å². The molecule has 0 aliphatic rings. The Morgan fingerprint density at radius 1 is 1.00 bits per heavy atom. The van der Waals surface area contributed by atoms with Crippen LogP contribution in [0.2, 0.25) is 5.02 Å². The molecule has 7 heteroatoms. The largest absolute Gasteiger partial charge is 0.507 e. The highest BCUT2D eigenvalue weighted by atomic mass is 35.5. The lowest BCUT2D eigenvalue weighted by Crippen LogP contribution is -2.13. The van der Waals surface area contributed by atoms with Crippen LogP contribution in [0.25, 0.3) is 0 Å². The molecule has 0 heterocycles. The highest BCUT2D eigenvalue weighted by molar-refractivity contribution is 6.31. The number of aromatic hydroxyl groups is 1. The zero-order chi connectivity index (χ0) is 20.4. The van der Waals surface area contributed by atoms with Crippen LogP contribution in [0.4, 0.5) is 5.69 Å². The Morgan fingerprint density at radius 3 is 2.46 bits per heavy atom. The van der Waals surface area contributed by atoms with Gasteiger partial charge in [-0.2, -0.15) is 0 Å². The average molecular weight is 406 g/mol. The number of rotatable bonds is 11. The molecule has 28 heavy (non-hydrogen) atoms. The molecule has 0 aromatic heterocycles. The lowest BCUT2D eigenvalue weighted by molar-refractivity contribution is -0.137. The molecule has 6 nitrogen and oxygen atoms in total. The number of carbonyl (C=O) groups is 2. The molecule has 2 aromatic rings. The second kappa shape index (κ2) is 11.2. The predicted octanol–water partition coefficient (Wildman–Crippen LogP) is 5.10. The fourth-order valence-corrected chi connectivity index (χ4v) is 2.84. The third-order valence-electron chi connectivity index (χ3n) is 4.13. The minimum atomic E-state index is -0.760. The minimum absolute atomic E-state index is 0.104. The summed E-state index contributed by atoms with van der Waals surface area (Å²) in [4.78, 5) is 22.9. The maximum absolute atomic E-state index is 12.4. The molecule has 0 radical (unpaired) electrons. The summed E-state index contributed by atoms with van der Waals surface area (Å²) in [6, 6.07) is 11.2. The van der Waals surface area contributed by atoms with E-state index in [9.17, 15) is 14.7 Å². The molecule has 0 spiro atoms. The summed E-state index contributed by atoms with van der Waals surface area (Å²) in [6.07, 6.45) is 4.50. The van der Waals surface area contributed by atoms with Gasteiger partial charge in [-0.25, -0.2) is 0 Å². The number of phenolic OH excluding ortho intramolecular Hbond substituents is 1. The first-order valence-corrected chi connectivity index (χ1v) is 9.58. The molecule has 0 saturated heterocycles. The summed E-state index contributed by atoms with van der Waals surface area (Å²) in [5.41, 5.74) is 0.594. The Kier molecular flexibility index (Phi) is 8.62. The number of hydrogen-bond donors (Lipinski definition) is 3. The summed E-state index contributed by atoms with van der Waals surface area (Å²) in [7, 11) is 0. The van der Waals surface area contributed by atoms with E-state index in [1.807, 2.05) is 0 Å². The Hall–Kier alpha value is -2.73. The summed E-state index contributed by atoms with van der Waals surface area (Å²) in [5.74, 6) is -0.820. The van der Waals surface area contributed by atoms with Crippen molar-refractivity contribution in [3.8, 4) is 11.5 Å². The summed E-state index contributed by atoms with van der Waals surface area (Å²) >= 11 is 6.03. The summed E-state index contributed by atoms with van der Waals surface area (Å²) < 4.78 is 5.77. The molecule has 0 saturated carbocycles. The van der Waals surface area contributed by atoms with Gasteiger partial charge in [0.1, 0.15) is 11.5 Å². The monoisotopic (exact) mass is 405 g/mol. The van der Waals surface area contributed by atoms with Gasteiger partial charge in [-0.1, -0.05) is 43.0 Å². The number of carboxylic acid groups (broad SMARTS) is 1. The first-order chi connectivity index (χ1) is 13.5. The number of phenols is 1. The van der Waals surface area contributed by atoms with Gasteiger partial charge in [0, 0.05) is 11.4 Å². The first-order valence-electron chi connectivity index (χ1n) is 9.21. The van der Waals surface area contributed by atoms with Crippen LogP contribution in [-0.4, -0.2) is 28.7 Å². The third kappa shape index (κ3) is 7.12. The van der Waals surface area contributed by atoms with Gasteiger partial charge in [0.2, 0.25) is 0 Å². The van der Waals surface area contributed by atoms with E-state index < -0.39 is 11.9 Å². The minimum Gasteiger partial charge on any atom is -0.507 e. The number of aliphatic carboxylic acids is 1. The SMILES string of the molecule is O=C(O)CCCCCCCOc1ccc(Cl)cc1NC(=O)c1ccccc1O. The predicted molar refractivity (Wildman–Crippen MR) is 108 cm³/mol. The average Bonchev–Trinajstić information content (AvgIpc) is 2.65. The quantitative estimate of drug-likeness (QED) is 0.452. The van der Waals surface area contributed by atoms with Crippen LogP contribution in [-0.2, 0) is 4.79 Å². The number of anilines is 1. The van der Waals surface area contributed by atoms with Gasteiger partial charge < -0.3 is 20.3 Å².